The molecule has 1 N–H and O–H groups in total. The summed E-state index contributed by atoms with van der Waals surface area (Å²) in [4.78, 5) is 10.9. The first-order valence-corrected chi connectivity index (χ1v) is 6.59. The molecular weight excluding hydrogens is 252 g/mol. The van der Waals surface area contributed by atoms with Gasteiger partial charge in [0.1, 0.15) is 11.5 Å². The molecule has 0 aliphatic heterocycles. The molecule has 2 aromatic carbocycles. The normalized spacial score (nSPS) is 10.6. The molecule has 0 radical (unpaired) electrons. The number of rotatable bonds is 4. The molecule has 20 heavy (non-hydrogen) atoms. The highest BCUT2D eigenvalue weighted by Gasteiger charge is 2.11. The number of hydrogen-bond acceptors (Lipinski definition) is 2. The van der Waals surface area contributed by atoms with E-state index in [-0.39, 0.29) is 5.56 Å². The number of carboxylic acid groups (broad SMARTS) is 1. The number of aromatic carboxylic acids is 1. The number of aryl methyl sites for hydroxylation is 1. The summed E-state index contributed by atoms with van der Waals surface area (Å²) in [5.74, 6) is 0.934. The third kappa shape index (κ3) is 2.99. The number of hydrogen-bond donors (Lipinski definition) is 1. The fraction of sp³-hybridized carbons (Fsp3) is 0.235. The maximum atomic E-state index is 10.9. The van der Waals surface area contributed by atoms with Gasteiger partial charge in [0.2, 0.25) is 0 Å². The Morgan fingerprint density at radius 2 is 1.80 bits per heavy atom. The summed E-state index contributed by atoms with van der Waals surface area (Å²) in [5.41, 5.74) is 2.21. The van der Waals surface area contributed by atoms with Gasteiger partial charge in [-0.15, -0.1) is 0 Å². The topological polar surface area (TPSA) is 46.5 Å². The van der Waals surface area contributed by atoms with Crippen LogP contribution in [-0.2, 0) is 0 Å². The van der Waals surface area contributed by atoms with Gasteiger partial charge in [-0.2, -0.15) is 0 Å². The van der Waals surface area contributed by atoms with E-state index in [1.165, 1.54) is 0 Å². The summed E-state index contributed by atoms with van der Waals surface area (Å²) in [7, 11) is 0. The molecule has 104 valence electrons. The Hall–Kier alpha value is -2.29. The SMILES string of the molecule is Cc1cc(C(=O)O)ccc1Oc1ccccc1C(C)C. The lowest BCUT2D eigenvalue weighted by molar-refractivity contribution is 0.0697. The van der Waals surface area contributed by atoms with Crippen molar-refractivity contribution in [1.29, 1.82) is 0 Å². The number of carboxylic acids is 1. The van der Waals surface area contributed by atoms with Crippen molar-refractivity contribution >= 4 is 5.97 Å². The van der Waals surface area contributed by atoms with Crippen LogP contribution in [0.4, 0.5) is 0 Å². The minimum absolute atomic E-state index is 0.270. The average molecular weight is 270 g/mol. The van der Waals surface area contributed by atoms with Gasteiger partial charge in [0.25, 0.3) is 0 Å². The largest absolute Gasteiger partial charge is 0.478 e. The van der Waals surface area contributed by atoms with Gasteiger partial charge in [-0.3, -0.25) is 0 Å². The summed E-state index contributed by atoms with van der Waals surface area (Å²) in [6.45, 7) is 6.07. The van der Waals surface area contributed by atoms with Crippen LogP contribution in [0, 0.1) is 6.92 Å². The Kier molecular flexibility index (Phi) is 4.08. The molecule has 3 nitrogen and oxygen atoms in total. The van der Waals surface area contributed by atoms with Crippen molar-refractivity contribution in [2.75, 3.05) is 0 Å². The van der Waals surface area contributed by atoms with Crippen molar-refractivity contribution in [2.45, 2.75) is 26.7 Å². The molecule has 0 spiro atoms. The van der Waals surface area contributed by atoms with Gasteiger partial charge in [0, 0.05) is 0 Å². The van der Waals surface area contributed by atoms with E-state index >= 15 is 0 Å². The minimum Gasteiger partial charge on any atom is -0.478 e. The fourth-order valence-corrected chi connectivity index (χ4v) is 2.07. The summed E-state index contributed by atoms with van der Waals surface area (Å²) >= 11 is 0. The van der Waals surface area contributed by atoms with Crippen molar-refractivity contribution in [3.63, 3.8) is 0 Å². The van der Waals surface area contributed by atoms with Gasteiger partial charge in [-0.25, -0.2) is 4.79 Å². The lowest BCUT2D eigenvalue weighted by atomic mass is 10.0. The van der Waals surface area contributed by atoms with Gasteiger partial charge in [-0.1, -0.05) is 32.0 Å². The number of ether oxygens (including phenoxy) is 1. The van der Waals surface area contributed by atoms with Crippen LogP contribution >= 0.6 is 0 Å². The fourth-order valence-electron chi connectivity index (χ4n) is 2.07. The Morgan fingerprint density at radius 1 is 1.10 bits per heavy atom. The van der Waals surface area contributed by atoms with Crippen LogP contribution in [0.25, 0.3) is 0 Å². The summed E-state index contributed by atoms with van der Waals surface area (Å²) in [6.07, 6.45) is 0. The van der Waals surface area contributed by atoms with Crippen LogP contribution in [0.2, 0.25) is 0 Å². The maximum absolute atomic E-state index is 10.9. The van der Waals surface area contributed by atoms with Crippen LogP contribution in [-0.4, -0.2) is 11.1 Å². The first-order valence-electron chi connectivity index (χ1n) is 6.59. The van der Waals surface area contributed by atoms with E-state index in [2.05, 4.69) is 13.8 Å². The second kappa shape index (κ2) is 5.78. The Morgan fingerprint density at radius 3 is 2.40 bits per heavy atom. The van der Waals surface area contributed by atoms with Crippen LogP contribution in [0.5, 0.6) is 11.5 Å². The third-order valence-electron chi connectivity index (χ3n) is 3.18. The van der Waals surface area contributed by atoms with E-state index in [4.69, 9.17) is 9.84 Å². The molecular formula is C17H18O3. The smallest absolute Gasteiger partial charge is 0.335 e. The highest BCUT2D eigenvalue weighted by atomic mass is 16.5. The van der Waals surface area contributed by atoms with Crippen LogP contribution in [0.1, 0.15) is 41.3 Å². The average Bonchev–Trinajstić information content (AvgIpc) is 2.41. The molecule has 0 aromatic heterocycles. The lowest BCUT2D eigenvalue weighted by Gasteiger charge is -2.15. The second-order valence-corrected chi connectivity index (χ2v) is 5.08. The molecule has 0 saturated heterocycles. The first kappa shape index (κ1) is 14.1. The predicted octanol–water partition coefficient (Wildman–Crippen LogP) is 4.61. The summed E-state index contributed by atoms with van der Waals surface area (Å²) in [6, 6.07) is 12.8. The monoisotopic (exact) mass is 270 g/mol. The number of benzene rings is 2. The lowest BCUT2D eigenvalue weighted by Crippen LogP contribution is -1.99. The quantitative estimate of drug-likeness (QED) is 0.882. The predicted molar refractivity (Wildman–Crippen MR) is 78.7 cm³/mol. The van der Waals surface area contributed by atoms with Crippen LogP contribution in [0.3, 0.4) is 0 Å². The van der Waals surface area contributed by atoms with Crippen LogP contribution in [0.15, 0.2) is 42.5 Å². The summed E-state index contributed by atoms with van der Waals surface area (Å²) in [5, 5.41) is 8.97. The Labute approximate surface area is 118 Å². The van der Waals surface area contributed by atoms with E-state index in [0.717, 1.165) is 16.9 Å². The summed E-state index contributed by atoms with van der Waals surface area (Å²) < 4.78 is 5.94. The van der Waals surface area contributed by atoms with Gasteiger partial charge < -0.3 is 9.84 Å². The van der Waals surface area contributed by atoms with Gasteiger partial charge in [0.05, 0.1) is 5.56 Å². The van der Waals surface area contributed by atoms with Crippen molar-refractivity contribution in [2.24, 2.45) is 0 Å². The van der Waals surface area contributed by atoms with Crippen molar-refractivity contribution in [1.82, 2.24) is 0 Å². The van der Waals surface area contributed by atoms with Crippen molar-refractivity contribution in [3.8, 4) is 11.5 Å². The molecule has 0 fully saturated rings. The molecule has 2 aromatic rings. The van der Waals surface area contributed by atoms with E-state index in [9.17, 15) is 4.79 Å². The molecule has 0 amide bonds. The third-order valence-corrected chi connectivity index (χ3v) is 3.18. The van der Waals surface area contributed by atoms with Gasteiger partial charge in [0.15, 0.2) is 0 Å². The molecule has 0 atom stereocenters. The Balaban J connectivity index is 2.33. The molecule has 0 aliphatic carbocycles. The Bertz CT molecular complexity index is 630. The van der Waals surface area contributed by atoms with E-state index in [1.54, 1.807) is 18.2 Å². The zero-order chi connectivity index (χ0) is 14.7. The van der Waals surface area contributed by atoms with Gasteiger partial charge in [-0.05, 0) is 48.2 Å². The zero-order valence-corrected chi connectivity index (χ0v) is 11.9. The van der Waals surface area contributed by atoms with E-state index in [0.29, 0.717) is 11.7 Å². The highest BCUT2D eigenvalue weighted by molar-refractivity contribution is 5.88. The van der Waals surface area contributed by atoms with E-state index in [1.807, 2.05) is 31.2 Å². The van der Waals surface area contributed by atoms with Crippen molar-refractivity contribution in [3.05, 3.63) is 59.2 Å². The van der Waals surface area contributed by atoms with E-state index < -0.39 is 5.97 Å². The van der Waals surface area contributed by atoms with Gasteiger partial charge >= 0.3 is 5.97 Å². The standard InChI is InChI=1S/C17H18O3/c1-11(2)14-6-4-5-7-16(14)20-15-9-8-13(17(18)19)10-12(15)3/h4-11H,1-3H3,(H,18,19). The molecule has 0 saturated carbocycles. The number of carbonyl (C=O) groups is 1. The molecule has 0 unspecified atom stereocenters. The zero-order valence-electron chi connectivity index (χ0n) is 11.9. The molecule has 0 bridgehead atoms. The first-order chi connectivity index (χ1) is 9.49. The van der Waals surface area contributed by atoms with Crippen molar-refractivity contribution < 1.29 is 14.6 Å². The molecule has 0 aliphatic rings. The van der Waals surface area contributed by atoms with Crippen LogP contribution < -0.4 is 4.74 Å². The minimum atomic E-state index is -0.928. The second-order valence-electron chi connectivity index (χ2n) is 5.08. The maximum Gasteiger partial charge on any atom is 0.335 e. The molecule has 2 rings (SSSR count). The molecule has 3 heteroatoms. The molecule has 0 heterocycles. The number of para-hydroxylation sites is 1. The highest BCUT2D eigenvalue weighted by Crippen LogP contribution is 2.32.